The highest BCUT2D eigenvalue weighted by Crippen LogP contribution is 2.04. The van der Waals surface area contributed by atoms with Gasteiger partial charge < -0.3 is 4.74 Å². The number of ether oxygens (including phenoxy) is 1. The van der Waals surface area contributed by atoms with E-state index in [0.29, 0.717) is 6.61 Å². The van der Waals surface area contributed by atoms with Crippen LogP contribution in [0.3, 0.4) is 0 Å². The summed E-state index contributed by atoms with van der Waals surface area (Å²) in [6.45, 7) is 2.76. The predicted octanol–water partition coefficient (Wildman–Crippen LogP) is 2.65. The Labute approximate surface area is 73.7 Å². The molecule has 0 aliphatic heterocycles. The molecule has 0 unspecified atom stereocenters. The quantitative estimate of drug-likeness (QED) is 0.664. The number of rotatable bonds is 3. The zero-order valence-corrected chi connectivity index (χ0v) is 7.58. The summed E-state index contributed by atoms with van der Waals surface area (Å²) in [5, 5.41) is 0. The van der Waals surface area contributed by atoms with Gasteiger partial charge in [-0.3, -0.25) is 0 Å². The first-order valence-electron chi connectivity index (χ1n) is 4.05. The van der Waals surface area contributed by atoms with Crippen LogP contribution in [0.4, 0.5) is 0 Å². The molecule has 0 aliphatic carbocycles. The van der Waals surface area contributed by atoms with Gasteiger partial charge in [0, 0.05) is 7.11 Å². The van der Waals surface area contributed by atoms with E-state index in [1.807, 2.05) is 6.08 Å². The molecule has 64 valence electrons. The normalized spacial score (nSPS) is 10.8. The molecule has 0 atom stereocenters. The Morgan fingerprint density at radius 1 is 1.25 bits per heavy atom. The van der Waals surface area contributed by atoms with E-state index in [1.54, 1.807) is 7.11 Å². The van der Waals surface area contributed by atoms with E-state index in [-0.39, 0.29) is 0 Å². The molecule has 12 heavy (non-hydrogen) atoms. The molecule has 1 nitrogen and oxygen atoms in total. The Morgan fingerprint density at radius 3 is 2.50 bits per heavy atom. The molecule has 0 N–H and O–H groups in total. The van der Waals surface area contributed by atoms with Crippen molar-refractivity contribution in [1.82, 2.24) is 0 Å². The fourth-order valence-electron chi connectivity index (χ4n) is 0.958. The van der Waals surface area contributed by atoms with Crippen molar-refractivity contribution in [3.05, 3.63) is 41.5 Å². The second-order valence-electron chi connectivity index (χ2n) is 2.77. The summed E-state index contributed by atoms with van der Waals surface area (Å²) in [6, 6.07) is 8.40. The minimum Gasteiger partial charge on any atom is -0.381 e. The van der Waals surface area contributed by atoms with Crippen LogP contribution in [0, 0.1) is 6.92 Å². The topological polar surface area (TPSA) is 9.23 Å². The Bertz CT molecular complexity index is 246. The number of benzene rings is 1. The van der Waals surface area contributed by atoms with Gasteiger partial charge in [0.05, 0.1) is 6.61 Å². The number of methoxy groups -OCH3 is 1. The van der Waals surface area contributed by atoms with Gasteiger partial charge in [-0.1, -0.05) is 42.0 Å². The Kier molecular flexibility index (Phi) is 3.55. The maximum absolute atomic E-state index is 4.90. The first-order valence-corrected chi connectivity index (χ1v) is 4.05. The first kappa shape index (κ1) is 9.01. The van der Waals surface area contributed by atoms with E-state index in [2.05, 4.69) is 37.3 Å². The Morgan fingerprint density at radius 2 is 1.92 bits per heavy atom. The lowest BCUT2D eigenvalue weighted by atomic mass is 10.1. The molecule has 0 spiro atoms. The van der Waals surface area contributed by atoms with Crippen LogP contribution in [0.2, 0.25) is 0 Å². The van der Waals surface area contributed by atoms with E-state index in [4.69, 9.17) is 4.74 Å². The maximum Gasteiger partial charge on any atom is 0.0646 e. The summed E-state index contributed by atoms with van der Waals surface area (Å²) < 4.78 is 4.90. The molecule has 0 saturated heterocycles. The smallest absolute Gasteiger partial charge is 0.0646 e. The molecule has 0 amide bonds. The monoisotopic (exact) mass is 162 g/mol. The van der Waals surface area contributed by atoms with Gasteiger partial charge in [0.15, 0.2) is 0 Å². The van der Waals surface area contributed by atoms with Gasteiger partial charge >= 0.3 is 0 Å². The lowest BCUT2D eigenvalue weighted by Gasteiger charge is -1.94. The van der Waals surface area contributed by atoms with Gasteiger partial charge in [0.25, 0.3) is 0 Å². The molecule has 0 bridgehead atoms. The van der Waals surface area contributed by atoms with Crippen LogP contribution in [0.15, 0.2) is 30.3 Å². The summed E-state index contributed by atoms with van der Waals surface area (Å²) in [5.41, 5.74) is 2.51. The second-order valence-corrected chi connectivity index (χ2v) is 2.77. The lowest BCUT2D eigenvalue weighted by molar-refractivity contribution is 0.234. The van der Waals surface area contributed by atoms with Crippen molar-refractivity contribution in [2.45, 2.75) is 6.92 Å². The maximum atomic E-state index is 4.90. The van der Waals surface area contributed by atoms with E-state index in [0.717, 1.165) is 0 Å². The van der Waals surface area contributed by atoms with Crippen molar-refractivity contribution in [2.75, 3.05) is 13.7 Å². The van der Waals surface area contributed by atoms with Crippen molar-refractivity contribution < 1.29 is 4.74 Å². The minimum absolute atomic E-state index is 0.674. The van der Waals surface area contributed by atoms with Crippen LogP contribution in [-0.4, -0.2) is 13.7 Å². The number of hydrogen-bond donors (Lipinski definition) is 0. The fraction of sp³-hybridized carbons (Fsp3) is 0.273. The Hall–Kier alpha value is -1.08. The second kappa shape index (κ2) is 4.73. The first-order chi connectivity index (χ1) is 5.83. The fourth-order valence-corrected chi connectivity index (χ4v) is 0.958. The van der Waals surface area contributed by atoms with E-state index in [1.165, 1.54) is 11.1 Å². The third-order valence-electron chi connectivity index (χ3n) is 1.65. The highest BCUT2D eigenvalue weighted by atomic mass is 16.5. The van der Waals surface area contributed by atoms with Crippen LogP contribution in [-0.2, 0) is 4.74 Å². The van der Waals surface area contributed by atoms with Gasteiger partial charge in [-0.05, 0) is 12.5 Å². The predicted molar refractivity (Wildman–Crippen MR) is 52.1 cm³/mol. The van der Waals surface area contributed by atoms with Crippen LogP contribution < -0.4 is 0 Å². The Balaban J connectivity index is 2.58. The zero-order valence-electron chi connectivity index (χ0n) is 7.58. The molecule has 0 aliphatic rings. The van der Waals surface area contributed by atoms with Gasteiger partial charge in [0.1, 0.15) is 0 Å². The highest BCUT2D eigenvalue weighted by Gasteiger charge is 1.84. The van der Waals surface area contributed by atoms with Crippen LogP contribution in [0.25, 0.3) is 6.08 Å². The van der Waals surface area contributed by atoms with Crippen molar-refractivity contribution in [3.8, 4) is 0 Å². The number of aryl methyl sites for hydroxylation is 1. The van der Waals surface area contributed by atoms with Gasteiger partial charge in [-0.2, -0.15) is 0 Å². The molecule has 0 saturated carbocycles. The van der Waals surface area contributed by atoms with E-state index < -0.39 is 0 Å². The summed E-state index contributed by atoms with van der Waals surface area (Å²) in [7, 11) is 1.69. The average molecular weight is 162 g/mol. The van der Waals surface area contributed by atoms with Crippen molar-refractivity contribution in [1.29, 1.82) is 0 Å². The SMILES string of the molecule is COCC=Cc1ccc(C)cc1. The van der Waals surface area contributed by atoms with Crippen molar-refractivity contribution in [3.63, 3.8) is 0 Å². The van der Waals surface area contributed by atoms with E-state index >= 15 is 0 Å². The molecule has 1 heteroatoms. The molecule has 0 radical (unpaired) electrons. The lowest BCUT2D eigenvalue weighted by Crippen LogP contribution is -1.80. The number of hydrogen-bond acceptors (Lipinski definition) is 1. The largest absolute Gasteiger partial charge is 0.381 e. The molecular formula is C11H14O. The van der Waals surface area contributed by atoms with Gasteiger partial charge in [0.2, 0.25) is 0 Å². The van der Waals surface area contributed by atoms with Crippen LogP contribution in [0.5, 0.6) is 0 Å². The summed E-state index contributed by atoms with van der Waals surface area (Å²) in [5.74, 6) is 0. The van der Waals surface area contributed by atoms with Crippen LogP contribution in [0.1, 0.15) is 11.1 Å². The molecule has 1 aromatic carbocycles. The highest BCUT2D eigenvalue weighted by molar-refractivity contribution is 5.49. The molecule has 0 fully saturated rings. The average Bonchev–Trinajstić information content (AvgIpc) is 2.09. The van der Waals surface area contributed by atoms with Crippen molar-refractivity contribution >= 4 is 6.08 Å². The van der Waals surface area contributed by atoms with Crippen molar-refractivity contribution in [2.24, 2.45) is 0 Å². The molecule has 0 aromatic heterocycles. The third kappa shape index (κ3) is 2.89. The molecular weight excluding hydrogens is 148 g/mol. The van der Waals surface area contributed by atoms with Gasteiger partial charge in [-0.25, -0.2) is 0 Å². The van der Waals surface area contributed by atoms with Crippen LogP contribution >= 0.6 is 0 Å². The standard InChI is InChI=1S/C11H14O/c1-10-5-7-11(8-6-10)4-3-9-12-2/h3-8H,9H2,1-2H3. The zero-order chi connectivity index (χ0) is 8.81. The minimum atomic E-state index is 0.674. The molecule has 1 aromatic rings. The molecule has 1 rings (SSSR count). The summed E-state index contributed by atoms with van der Waals surface area (Å²) in [6.07, 6.45) is 4.06. The van der Waals surface area contributed by atoms with Gasteiger partial charge in [-0.15, -0.1) is 0 Å². The molecule has 0 heterocycles. The third-order valence-corrected chi connectivity index (χ3v) is 1.65. The summed E-state index contributed by atoms with van der Waals surface area (Å²) in [4.78, 5) is 0. The van der Waals surface area contributed by atoms with E-state index in [9.17, 15) is 0 Å². The summed E-state index contributed by atoms with van der Waals surface area (Å²) >= 11 is 0.